The highest BCUT2D eigenvalue weighted by Gasteiger charge is 2.12. The third kappa shape index (κ3) is 5.09. The molecule has 0 spiro atoms. The van der Waals surface area contributed by atoms with Crippen LogP contribution in [0.1, 0.15) is 25.3 Å². The molecule has 0 aliphatic rings. The number of hydrogen-bond acceptors (Lipinski definition) is 4. The summed E-state index contributed by atoms with van der Waals surface area (Å²) < 4.78 is 5.37. The number of nitrogens with zero attached hydrogens (tertiary/aromatic N) is 2. The average molecular weight is 279 g/mol. The summed E-state index contributed by atoms with van der Waals surface area (Å²) in [6.45, 7) is 3.10. The van der Waals surface area contributed by atoms with Gasteiger partial charge in [0.05, 0.1) is 7.11 Å². The molecule has 0 aromatic heterocycles. The van der Waals surface area contributed by atoms with Crippen molar-refractivity contribution in [2.24, 2.45) is 10.9 Å². The molecule has 0 aliphatic heterocycles. The van der Waals surface area contributed by atoms with E-state index in [1.54, 1.807) is 7.11 Å². The highest BCUT2D eigenvalue weighted by Crippen LogP contribution is 2.20. The summed E-state index contributed by atoms with van der Waals surface area (Å²) in [6, 6.07) is 8.50. The predicted octanol–water partition coefficient (Wildman–Crippen LogP) is 2.08. The van der Waals surface area contributed by atoms with Crippen LogP contribution in [0, 0.1) is 0 Å². The Morgan fingerprint density at radius 2 is 2.15 bits per heavy atom. The number of rotatable bonds is 8. The number of amidine groups is 1. The first-order valence-corrected chi connectivity index (χ1v) is 6.87. The van der Waals surface area contributed by atoms with Crippen LogP contribution in [0.4, 0.5) is 0 Å². The van der Waals surface area contributed by atoms with E-state index in [1.807, 2.05) is 18.2 Å². The normalized spacial score (nSPS) is 13.5. The van der Waals surface area contributed by atoms with Crippen LogP contribution in [0.5, 0.6) is 5.75 Å². The molecule has 112 valence electrons. The first kappa shape index (κ1) is 16.3. The maximum atomic E-state index is 8.50. The van der Waals surface area contributed by atoms with Gasteiger partial charge in [-0.15, -0.1) is 0 Å². The zero-order chi connectivity index (χ0) is 15.0. The largest absolute Gasteiger partial charge is 0.496 e. The molecule has 0 radical (unpaired) electrons. The predicted molar refractivity (Wildman–Crippen MR) is 81.4 cm³/mol. The van der Waals surface area contributed by atoms with Crippen LogP contribution in [0.25, 0.3) is 0 Å². The molecule has 1 rings (SSSR count). The average Bonchev–Trinajstić information content (AvgIpc) is 2.47. The standard InChI is InChI=1S/C15H25N3O2/c1-12(18(2)10-6-9-15(16)17-19)11-13-7-4-5-8-14(13)20-3/h4-5,7-8,12,19H,6,9-11H2,1-3H3,(H2,16,17). The number of methoxy groups -OCH3 is 1. The van der Waals surface area contributed by atoms with Crippen LogP contribution in [0.15, 0.2) is 29.4 Å². The van der Waals surface area contributed by atoms with Crippen molar-refractivity contribution in [3.63, 3.8) is 0 Å². The summed E-state index contributed by atoms with van der Waals surface area (Å²) >= 11 is 0. The third-order valence-corrected chi connectivity index (χ3v) is 3.53. The third-order valence-electron chi connectivity index (χ3n) is 3.53. The molecule has 5 nitrogen and oxygen atoms in total. The molecule has 0 saturated carbocycles. The molecule has 0 aliphatic carbocycles. The van der Waals surface area contributed by atoms with Gasteiger partial charge in [0.15, 0.2) is 0 Å². The molecule has 1 aromatic carbocycles. The SMILES string of the molecule is COc1ccccc1CC(C)N(C)CCCC(N)=NO. The van der Waals surface area contributed by atoms with Gasteiger partial charge >= 0.3 is 0 Å². The fourth-order valence-electron chi connectivity index (χ4n) is 2.13. The zero-order valence-corrected chi connectivity index (χ0v) is 12.5. The van der Waals surface area contributed by atoms with E-state index in [-0.39, 0.29) is 5.84 Å². The summed E-state index contributed by atoms with van der Waals surface area (Å²) in [5.41, 5.74) is 6.68. The molecule has 5 heteroatoms. The maximum Gasteiger partial charge on any atom is 0.139 e. The first-order chi connectivity index (χ1) is 9.58. The molecular weight excluding hydrogens is 254 g/mol. The van der Waals surface area contributed by atoms with Crippen LogP contribution in [0.2, 0.25) is 0 Å². The molecule has 1 atom stereocenters. The molecule has 1 aromatic rings. The van der Waals surface area contributed by atoms with Gasteiger partial charge in [0.2, 0.25) is 0 Å². The van der Waals surface area contributed by atoms with Crippen molar-refractivity contribution in [3.8, 4) is 5.75 Å². The molecular formula is C15H25N3O2. The summed E-state index contributed by atoms with van der Waals surface area (Å²) in [4.78, 5) is 2.27. The number of para-hydroxylation sites is 1. The van der Waals surface area contributed by atoms with Crippen molar-refractivity contribution < 1.29 is 9.94 Å². The Labute approximate surface area is 121 Å². The van der Waals surface area contributed by atoms with E-state index < -0.39 is 0 Å². The fraction of sp³-hybridized carbons (Fsp3) is 0.533. The highest BCUT2D eigenvalue weighted by atomic mass is 16.5. The van der Waals surface area contributed by atoms with Gasteiger partial charge in [-0.1, -0.05) is 23.4 Å². The Morgan fingerprint density at radius 1 is 1.45 bits per heavy atom. The molecule has 20 heavy (non-hydrogen) atoms. The van der Waals surface area contributed by atoms with Crippen molar-refractivity contribution in [3.05, 3.63) is 29.8 Å². The van der Waals surface area contributed by atoms with Crippen LogP contribution in [-0.4, -0.2) is 42.7 Å². The molecule has 1 unspecified atom stereocenters. The maximum absolute atomic E-state index is 8.50. The molecule has 0 bridgehead atoms. The monoisotopic (exact) mass is 279 g/mol. The van der Waals surface area contributed by atoms with Gasteiger partial charge in [0.1, 0.15) is 11.6 Å². The van der Waals surface area contributed by atoms with E-state index in [9.17, 15) is 0 Å². The topological polar surface area (TPSA) is 71.1 Å². The Hall–Kier alpha value is -1.75. The fourth-order valence-corrected chi connectivity index (χ4v) is 2.13. The number of ether oxygens (including phenoxy) is 1. The summed E-state index contributed by atoms with van der Waals surface area (Å²) in [7, 11) is 3.79. The summed E-state index contributed by atoms with van der Waals surface area (Å²) in [6.07, 6.45) is 2.43. The molecule has 0 amide bonds. The number of likely N-dealkylation sites (N-methyl/N-ethyl adjacent to an activating group) is 1. The number of hydrogen-bond donors (Lipinski definition) is 2. The Morgan fingerprint density at radius 3 is 2.80 bits per heavy atom. The summed E-state index contributed by atoms with van der Waals surface area (Å²) in [5.74, 6) is 1.22. The van der Waals surface area contributed by atoms with E-state index in [2.05, 4.69) is 30.1 Å². The van der Waals surface area contributed by atoms with Gasteiger partial charge in [-0.2, -0.15) is 0 Å². The minimum atomic E-state index is 0.288. The quantitative estimate of drug-likeness (QED) is 0.331. The second-order valence-electron chi connectivity index (χ2n) is 5.04. The highest BCUT2D eigenvalue weighted by molar-refractivity contribution is 5.79. The zero-order valence-electron chi connectivity index (χ0n) is 12.5. The van der Waals surface area contributed by atoms with Crippen molar-refractivity contribution >= 4 is 5.84 Å². The molecule has 0 saturated heterocycles. The van der Waals surface area contributed by atoms with E-state index in [4.69, 9.17) is 15.7 Å². The minimum absolute atomic E-state index is 0.288. The smallest absolute Gasteiger partial charge is 0.139 e. The lowest BCUT2D eigenvalue weighted by Crippen LogP contribution is -2.32. The number of oxime groups is 1. The van der Waals surface area contributed by atoms with Crippen molar-refractivity contribution in [1.82, 2.24) is 4.90 Å². The van der Waals surface area contributed by atoms with Crippen LogP contribution < -0.4 is 10.5 Å². The molecule has 3 N–H and O–H groups in total. The number of benzene rings is 1. The van der Waals surface area contributed by atoms with Crippen molar-refractivity contribution in [2.45, 2.75) is 32.2 Å². The van der Waals surface area contributed by atoms with Gasteiger partial charge in [-0.05, 0) is 45.0 Å². The molecule has 0 fully saturated rings. The lowest BCUT2D eigenvalue weighted by atomic mass is 10.0. The van der Waals surface area contributed by atoms with Crippen LogP contribution in [0.3, 0.4) is 0 Å². The Balaban J connectivity index is 2.47. The first-order valence-electron chi connectivity index (χ1n) is 6.87. The second kappa shape index (κ2) is 8.43. The van der Waals surface area contributed by atoms with Gasteiger partial charge in [-0.3, -0.25) is 0 Å². The van der Waals surface area contributed by atoms with E-state index >= 15 is 0 Å². The Kier molecular flexibility index (Phi) is 6.87. The molecule has 0 heterocycles. The van der Waals surface area contributed by atoms with E-state index in [1.165, 1.54) is 5.56 Å². The lowest BCUT2D eigenvalue weighted by Gasteiger charge is -2.25. The summed E-state index contributed by atoms with van der Waals surface area (Å²) in [5, 5.41) is 11.5. The second-order valence-corrected chi connectivity index (χ2v) is 5.04. The number of nitrogens with two attached hydrogens (primary N) is 1. The van der Waals surface area contributed by atoms with Gasteiger partial charge in [0, 0.05) is 12.5 Å². The lowest BCUT2D eigenvalue weighted by molar-refractivity contribution is 0.252. The van der Waals surface area contributed by atoms with Gasteiger partial charge < -0.3 is 20.6 Å². The Bertz CT molecular complexity index is 435. The minimum Gasteiger partial charge on any atom is -0.496 e. The van der Waals surface area contributed by atoms with Crippen molar-refractivity contribution in [2.75, 3.05) is 20.7 Å². The van der Waals surface area contributed by atoms with Gasteiger partial charge in [-0.25, -0.2) is 0 Å². The van der Waals surface area contributed by atoms with Crippen LogP contribution in [-0.2, 0) is 6.42 Å². The van der Waals surface area contributed by atoms with Gasteiger partial charge in [0.25, 0.3) is 0 Å². The van der Waals surface area contributed by atoms with Crippen LogP contribution >= 0.6 is 0 Å². The van der Waals surface area contributed by atoms with E-state index in [0.717, 1.165) is 25.1 Å². The van der Waals surface area contributed by atoms with Crippen molar-refractivity contribution in [1.29, 1.82) is 0 Å². The van der Waals surface area contributed by atoms with E-state index in [0.29, 0.717) is 12.5 Å².